The summed E-state index contributed by atoms with van der Waals surface area (Å²) >= 11 is 0. The molecule has 0 radical (unpaired) electrons. The number of carbonyl (C=O) groups excluding carboxylic acids is 1. The van der Waals surface area contributed by atoms with Crippen molar-refractivity contribution in [1.29, 1.82) is 0 Å². The molecule has 0 heterocycles. The number of nitrogens with two attached hydrogens (primary N) is 1. The van der Waals surface area contributed by atoms with Crippen molar-refractivity contribution in [2.45, 2.75) is 32.7 Å². The summed E-state index contributed by atoms with van der Waals surface area (Å²) in [4.78, 5) is 13.8. The Morgan fingerprint density at radius 1 is 1.44 bits per heavy atom. The Hall–Kier alpha value is -1.55. The van der Waals surface area contributed by atoms with E-state index in [0.29, 0.717) is 6.42 Å². The molecule has 0 saturated heterocycles. The summed E-state index contributed by atoms with van der Waals surface area (Å²) in [6.07, 6.45) is 1.18. The number of benzene rings is 1. The van der Waals surface area contributed by atoms with Crippen LogP contribution in [0.25, 0.3) is 0 Å². The molecule has 0 bridgehead atoms. The van der Waals surface area contributed by atoms with E-state index in [2.05, 4.69) is 11.4 Å². The highest BCUT2D eigenvalue weighted by Gasteiger charge is 2.09. The van der Waals surface area contributed by atoms with Gasteiger partial charge in [0.25, 0.3) is 0 Å². The van der Waals surface area contributed by atoms with E-state index in [1.807, 2.05) is 45.0 Å². The molecule has 0 aliphatic heterocycles. The van der Waals surface area contributed by atoms with E-state index in [1.54, 1.807) is 0 Å². The molecule has 18 heavy (non-hydrogen) atoms. The van der Waals surface area contributed by atoms with E-state index < -0.39 is 0 Å². The fourth-order valence-electron chi connectivity index (χ4n) is 1.65. The second-order valence-electron chi connectivity index (χ2n) is 4.81. The molecule has 0 aliphatic rings. The van der Waals surface area contributed by atoms with Crippen LogP contribution >= 0.6 is 0 Å². The van der Waals surface area contributed by atoms with E-state index in [0.717, 1.165) is 23.4 Å². The average molecular weight is 249 g/mol. The first-order valence-electron chi connectivity index (χ1n) is 6.27. The van der Waals surface area contributed by atoms with Gasteiger partial charge in [-0.1, -0.05) is 6.92 Å². The first-order valence-corrected chi connectivity index (χ1v) is 6.27. The van der Waals surface area contributed by atoms with Gasteiger partial charge in [-0.2, -0.15) is 0 Å². The predicted molar refractivity (Wildman–Crippen MR) is 77.0 cm³/mol. The molecule has 1 amide bonds. The standard InChI is InChI=1S/C14H23N3O/c1-5-11(15)9-14(18)16-13-7-6-12(17(3)4)8-10(13)2/h6-8,11H,5,9,15H2,1-4H3,(H,16,18). The Bertz CT molecular complexity index is 416. The summed E-state index contributed by atoms with van der Waals surface area (Å²) in [7, 11) is 3.99. The number of aryl methyl sites for hydroxylation is 1. The number of anilines is 2. The van der Waals surface area contributed by atoms with E-state index in [9.17, 15) is 4.79 Å². The van der Waals surface area contributed by atoms with Gasteiger partial charge in [0.2, 0.25) is 5.91 Å². The summed E-state index contributed by atoms with van der Waals surface area (Å²) in [5.74, 6) is -0.0231. The third-order valence-corrected chi connectivity index (χ3v) is 2.97. The summed E-state index contributed by atoms with van der Waals surface area (Å²) in [5.41, 5.74) is 8.79. The lowest BCUT2D eigenvalue weighted by Gasteiger charge is -2.16. The minimum Gasteiger partial charge on any atom is -0.378 e. The molecule has 1 aromatic carbocycles. The number of nitrogens with one attached hydrogen (secondary N) is 1. The fourth-order valence-corrected chi connectivity index (χ4v) is 1.65. The van der Waals surface area contributed by atoms with Crippen LogP contribution in [-0.4, -0.2) is 26.0 Å². The number of nitrogens with zero attached hydrogens (tertiary/aromatic N) is 1. The lowest BCUT2D eigenvalue weighted by atomic mass is 10.1. The molecular formula is C14H23N3O. The Morgan fingerprint density at radius 2 is 2.11 bits per heavy atom. The Balaban J connectivity index is 2.71. The van der Waals surface area contributed by atoms with Crippen LogP contribution < -0.4 is 16.0 Å². The summed E-state index contributed by atoms with van der Waals surface area (Å²) in [6.45, 7) is 3.97. The maximum absolute atomic E-state index is 11.8. The molecule has 1 unspecified atom stereocenters. The van der Waals surface area contributed by atoms with Crippen molar-refractivity contribution in [3.63, 3.8) is 0 Å². The van der Waals surface area contributed by atoms with Gasteiger partial charge in [0.1, 0.15) is 0 Å². The third-order valence-electron chi connectivity index (χ3n) is 2.97. The van der Waals surface area contributed by atoms with Crippen LogP contribution in [0.1, 0.15) is 25.3 Å². The molecular weight excluding hydrogens is 226 g/mol. The third kappa shape index (κ3) is 4.04. The summed E-state index contributed by atoms with van der Waals surface area (Å²) < 4.78 is 0. The van der Waals surface area contributed by atoms with Crippen molar-refractivity contribution in [2.75, 3.05) is 24.3 Å². The zero-order valence-corrected chi connectivity index (χ0v) is 11.7. The van der Waals surface area contributed by atoms with Crippen molar-refractivity contribution >= 4 is 17.3 Å². The number of hydrogen-bond donors (Lipinski definition) is 2. The highest BCUT2D eigenvalue weighted by molar-refractivity contribution is 5.92. The molecule has 1 atom stereocenters. The molecule has 4 nitrogen and oxygen atoms in total. The number of hydrogen-bond acceptors (Lipinski definition) is 3. The molecule has 0 aliphatic carbocycles. The van der Waals surface area contributed by atoms with E-state index >= 15 is 0 Å². The van der Waals surface area contributed by atoms with E-state index in [1.165, 1.54) is 0 Å². The monoisotopic (exact) mass is 249 g/mol. The minimum atomic E-state index is -0.0636. The van der Waals surface area contributed by atoms with Crippen molar-refractivity contribution in [2.24, 2.45) is 5.73 Å². The predicted octanol–water partition coefficient (Wildman–Crippen LogP) is 2.13. The largest absolute Gasteiger partial charge is 0.378 e. The van der Waals surface area contributed by atoms with Crippen LogP contribution in [-0.2, 0) is 4.79 Å². The Kier molecular flexibility index (Phi) is 5.16. The molecule has 1 aromatic rings. The second-order valence-corrected chi connectivity index (χ2v) is 4.81. The molecule has 3 N–H and O–H groups in total. The normalized spacial score (nSPS) is 12.1. The van der Waals surface area contributed by atoms with Gasteiger partial charge in [0.15, 0.2) is 0 Å². The first kappa shape index (κ1) is 14.5. The number of amides is 1. The van der Waals surface area contributed by atoms with Gasteiger partial charge in [-0.25, -0.2) is 0 Å². The van der Waals surface area contributed by atoms with Crippen molar-refractivity contribution < 1.29 is 4.79 Å². The van der Waals surface area contributed by atoms with Crippen LogP contribution in [0.5, 0.6) is 0 Å². The minimum absolute atomic E-state index is 0.0231. The maximum Gasteiger partial charge on any atom is 0.225 e. The van der Waals surface area contributed by atoms with Gasteiger partial charge in [0.05, 0.1) is 0 Å². The number of rotatable bonds is 5. The van der Waals surface area contributed by atoms with Crippen LogP contribution in [0.3, 0.4) is 0 Å². The molecule has 1 rings (SSSR count). The first-order chi connectivity index (χ1) is 8.43. The molecule has 0 saturated carbocycles. The van der Waals surface area contributed by atoms with Gasteiger partial charge in [-0.3, -0.25) is 4.79 Å². The fraction of sp³-hybridized carbons (Fsp3) is 0.500. The van der Waals surface area contributed by atoms with Crippen LogP contribution in [0, 0.1) is 6.92 Å². The van der Waals surface area contributed by atoms with Crippen molar-refractivity contribution in [3.05, 3.63) is 23.8 Å². The van der Waals surface area contributed by atoms with Gasteiger partial charge in [-0.05, 0) is 37.1 Å². The molecule has 0 spiro atoms. The van der Waals surface area contributed by atoms with Crippen molar-refractivity contribution in [3.8, 4) is 0 Å². The quantitative estimate of drug-likeness (QED) is 0.840. The molecule has 0 aromatic heterocycles. The topological polar surface area (TPSA) is 58.4 Å². The molecule has 0 fully saturated rings. The average Bonchev–Trinajstić information content (AvgIpc) is 2.31. The smallest absolute Gasteiger partial charge is 0.225 e. The second kappa shape index (κ2) is 6.40. The highest BCUT2D eigenvalue weighted by Crippen LogP contribution is 2.21. The van der Waals surface area contributed by atoms with E-state index in [4.69, 9.17) is 5.73 Å². The van der Waals surface area contributed by atoms with Gasteiger partial charge >= 0.3 is 0 Å². The van der Waals surface area contributed by atoms with Crippen LogP contribution in [0.2, 0.25) is 0 Å². The molecule has 4 heteroatoms. The highest BCUT2D eigenvalue weighted by atomic mass is 16.1. The Morgan fingerprint density at radius 3 is 2.61 bits per heavy atom. The van der Waals surface area contributed by atoms with Gasteiger partial charge in [0, 0.05) is 37.9 Å². The lowest BCUT2D eigenvalue weighted by Crippen LogP contribution is -2.26. The maximum atomic E-state index is 11.8. The summed E-state index contributed by atoms with van der Waals surface area (Å²) in [6, 6.07) is 5.91. The zero-order chi connectivity index (χ0) is 13.7. The molecule has 100 valence electrons. The van der Waals surface area contributed by atoms with Crippen molar-refractivity contribution in [1.82, 2.24) is 0 Å². The number of carbonyl (C=O) groups is 1. The van der Waals surface area contributed by atoms with Gasteiger partial charge in [-0.15, -0.1) is 0 Å². The van der Waals surface area contributed by atoms with Gasteiger partial charge < -0.3 is 16.0 Å². The SMILES string of the molecule is CCC(N)CC(=O)Nc1ccc(N(C)C)cc1C. The zero-order valence-electron chi connectivity index (χ0n) is 11.7. The van der Waals surface area contributed by atoms with Crippen LogP contribution in [0.15, 0.2) is 18.2 Å². The Labute approximate surface area is 109 Å². The van der Waals surface area contributed by atoms with E-state index in [-0.39, 0.29) is 11.9 Å². The van der Waals surface area contributed by atoms with Crippen LogP contribution in [0.4, 0.5) is 11.4 Å². The lowest BCUT2D eigenvalue weighted by molar-refractivity contribution is -0.116. The summed E-state index contributed by atoms with van der Waals surface area (Å²) in [5, 5.41) is 2.90.